The van der Waals surface area contributed by atoms with Crippen LogP contribution in [0, 0.1) is 0 Å². The van der Waals surface area contributed by atoms with Crippen LogP contribution in [-0.4, -0.2) is 45.3 Å². The molecular formula is C10H22INO4SSi. The molecule has 0 fully saturated rings. The lowest BCUT2D eigenvalue weighted by Gasteiger charge is -2.16. The molecule has 108 valence electrons. The molecule has 0 amide bonds. The quantitative estimate of drug-likeness (QED) is 0.287. The van der Waals surface area contributed by atoms with Crippen molar-refractivity contribution >= 4 is 46.7 Å². The van der Waals surface area contributed by atoms with Crippen LogP contribution in [0.15, 0.2) is 0 Å². The fraction of sp³-hybridized carbons (Fsp3) is 0.900. The molecule has 0 bridgehead atoms. The molecule has 0 aliphatic carbocycles. The van der Waals surface area contributed by atoms with Gasteiger partial charge in [0, 0.05) is 14.6 Å². The summed E-state index contributed by atoms with van der Waals surface area (Å²) in [7, 11) is -4.66. The van der Waals surface area contributed by atoms with Crippen molar-refractivity contribution in [1.29, 1.82) is 0 Å². The van der Waals surface area contributed by atoms with Crippen LogP contribution in [0.25, 0.3) is 0 Å². The number of carbonyl (C=O) groups excluding carboxylic acids is 1. The fourth-order valence-electron chi connectivity index (χ4n) is 1.03. The van der Waals surface area contributed by atoms with Gasteiger partial charge in [0.2, 0.25) is 10.0 Å². The summed E-state index contributed by atoms with van der Waals surface area (Å²) >= 11 is 1.88. The van der Waals surface area contributed by atoms with E-state index in [9.17, 15) is 13.2 Å². The van der Waals surface area contributed by atoms with Crippen molar-refractivity contribution in [2.75, 3.05) is 18.9 Å². The zero-order chi connectivity index (χ0) is 14.4. The summed E-state index contributed by atoms with van der Waals surface area (Å²) < 4.78 is 30.2. The van der Waals surface area contributed by atoms with Crippen molar-refractivity contribution in [2.24, 2.45) is 0 Å². The lowest BCUT2D eigenvalue weighted by molar-refractivity contribution is -0.141. The lowest BCUT2D eigenvalue weighted by atomic mass is 10.4. The minimum absolute atomic E-state index is 0.0907. The molecule has 18 heavy (non-hydrogen) atoms. The van der Waals surface area contributed by atoms with Crippen molar-refractivity contribution in [2.45, 2.75) is 36.5 Å². The fourth-order valence-corrected chi connectivity index (χ4v) is 5.82. The summed E-state index contributed by atoms with van der Waals surface area (Å²) in [5.74, 6) is -0.249. The molecule has 0 heterocycles. The predicted molar refractivity (Wildman–Crippen MR) is 84.4 cm³/mol. The van der Waals surface area contributed by atoms with Crippen LogP contribution in [0.2, 0.25) is 25.7 Å². The van der Waals surface area contributed by atoms with E-state index < -0.39 is 22.0 Å². The first kappa shape index (κ1) is 18.3. The van der Waals surface area contributed by atoms with E-state index in [0.717, 1.165) is 0 Å². The van der Waals surface area contributed by atoms with Gasteiger partial charge in [-0.25, -0.2) is 13.1 Å². The largest absolute Gasteiger partial charge is 0.465 e. The van der Waals surface area contributed by atoms with Crippen molar-refractivity contribution in [3.63, 3.8) is 0 Å². The van der Waals surface area contributed by atoms with Gasteiger partial charge in [0.05, 0.1) is 12.4 Å². The SMILES string of the molecule is CCOC(=O)C(I)CNS(=O)(=O)CC[Si](C)(C)C. The Bertz CT molecular complexity index is 367. The van der Waals surface area contributed by atoms with Gasteiger partial charge in [-0.3, -0.25) is 4.79 Å². The molecule has 0 aromatic carbocycles. The molecule has 1 unspecified atom stereocenters. The van der Waals surface area contributed by atoms with E-state index in [1.807, 2.05) is 22.6 Å². The Hall–Kier alpha value is 0.327. The third kappa shape index (κ3) is 9.28. The van der Waals surface area contributed by atoms with Gasteiger partial charge in [-0.05, 0) is 13.0 Å². The number of nitrogens with one attached hydrogen (secondary N) is 1. The van der Waals surface area contributed by atoms with E-state index in [0.29, 0.717) is 12.7 Å². The second-order valence-corrected chi connectivity index (χ2v) is 14.2. The second-order valence-electron chi connectivity index (χ2n) is 5.20. The van der Waals surface area contributed by atoms with E-state index >= 15 is 0 Å². The first-order valence-electron chi connectivity index (χ1n) is 5.85. The molecule has 0 spiro atoms. The summed E-state index contributed by atoms with van der Waals surface area (Å²) in [5.41, 5.74) is 0. The number of carbonyl (C=O) groups is 1. The number of halogens is 1. The molecule has 0 saturated heterocycles. The van der Waals surface area contributed by atoms with E-state index in [1.54, 1.807) is 6.92 Å². The van der Waals surface area contributed by atoms with Gasteiger partial charge in [0.25, 0.3) is 0 Å². The average molecular weight is 407 g/mol. The highest BCUT2D eigenvalue weighted by atomic mass is 127. The summed E-state index contributed by atoms with van der Waals surface area (Å²) in [4.78, 5) is 11.3. The molecule has 8 heteroatoms. The molecule has 0 rings (SSSR count). The van der Waals surface area contributed by atoms with Crippen LogP contribution < -0.4 is 4.72 Å². The Balaban J connectivity index is 4.15. The molecule has 0 aliphatic heterocycles. The molecule has 0 aromatic heterocycles. The van der Waals surface area contributed by atoms with E-state index in [4.69, 9.17) is 4.74 Å². The third-order valence-corrected chi connectivity index (χ3v) is 6.55. The second kappa shape index (κ2) is 7.80. The number of esters is 1. The Kier molecular flexibility index (Phi) is 7.95. The van der Waals surface area contributed by atoms with Gasteiger partial charge in [-0.1, -0.05) is 42.2 Å². The van der Waals surface area contributed by atoms with Crippen LogP contribution in [0.4, 0.5) is 0 Å². The smallest absolute Gasteiger partial charge is 0.320 e. The topological polar surface area (TPSA) is 72.5 Å². The van der Waals surface area contributed by atoms with Crippen LogP contribution >= 0.6 is 22.6 Å². The highest BCUT2D eigenvalue weighted by Gasteiger charge is 2.22. The molecule has 0 aromatic rings. The maximum Gasteiger partial charge on any atom is 0.320 e. The van der Waals surface area contributed by atoms with Gasteiger partial charge in [-0.2, -0.15) is 0 Å². The first-order valence-corrected chi connectivity index (χ1v) is 12.5. The monoisotopic (exact) mass is 407 g/mol. The third-order valence-electron chi connectivity index (χ3n) is 2.15. The van der Waals surface area contributed by atoms with E-state index in [1.165, 1.54) is 0 Å². The minimum Gasteiger partial charge on any atom is -0.465 e. The Morgan fingerprint density at radius 1 is 1.39 bits per heavy atom. The maximum absolute atomic E-state index is 11.7. The Morgan fingerprint density at radius 2 is 1.94 bits per heavy atom. The van der Waals surface area contributed by atoms with Crippen molar-refractivity contribution < 1.29 is 17.9 Å². The lowest BCUT2D eigenvalue weighted by Crippen LogP contribution is -2.37. The zero-order valence-electron chi connectivity index (χ0n) is 11.3. The number of ether oxygens (including phenoxy) is 1. The summed E-state index contributed by atoms with van der Waals surface area (Å²) in [6.07, 6.45) is 0. The number of alkyl halides is 1. The van der Waals surface area contributed by atoms with E-state index in [-0.39, 0.29) is 18.3 Å². The Labute approximate surface area is 124 Å². The van der Waals surface area contributed by atoms with Crippen LogP contribution in [-0.2, 0) is 19.6 Å². The van der Waals surface area contributed by atoms with Gasteiger partial charge in [-0.15, -0.1) is 0 Å². The van der Waals surface area contributed by atoms with Crippen LogP contribution in [0.3, 0.4) is 0 Å². The van der Waals surface area contributed by atoms with Gasteiger partial charge < -0.3 is 4.74 Å². The van der Waals surface area contributed by atoms with Gasteiger partial charge in [0.1, 0.15) is 3.92 Å². The Morgan fingerprint density at radius 3 is 2.39 bits per heavy atom. The molecule has 0 aliphatic rings. The molecule has 5 nitrogen and oxygen atoms in total. The number of hydrogen-bond acceptors (Lipinski definition) is 4. The van der Waals surface area contributed by atoms with E-state index in [2.05, 4.69) is 24.4 Å². The minimum atomic E-state index is -3.29. The van der Waals surface area contributed by atoms with Crippen molar-refractivity contribution in [3.05, 3.63) is 0 Å². The summed E-state index contributed by atoms with van der Waals surface area (Å²) in [5, 5.41) is 0. The van der Waals surface area contributed by atoms with Crippen LogP contribution in [0.5, 0.6) is 0 Å². The highest BCUT2D eigenvalue weighted by molar-refractivity contribution is 14.1. The average Bonchev–Trinajstić information content (AvgIpc) is 2.23. The van der Waals surface area contributed by atoms with Crippen molar-refractivity contribution in [3.8, 4) is 0 Å². The molecule has 1 atom stereocenters. The van der Waals surface area contributed by atoms with Crippen LogP contribution in [0.1, 0.15) is 6.92 Å². The van der Waals surface area contributed by atoms with Gasteiger partial charge in [0.15, 0.2) is 0 Å². The standard InChI is InChI=1S/C10H22INO4SSi/c1-5-16-10(13)9(11)8-12-17(14,15)6-7-18(2,3)4/h9,12H,5-8H2,1-4H3. The first-order chi connectivity index (χ1) is 8.07. The number of sulfonamides is 1. The van der Waals surface area contributed by atoms with Crippen molar-refractivity contribution in [1.82, 2.24) is 4.72 Å². The number of hydrogen-bond donors (Lipinski definition) is 1. The predicted octanol–water partition coefficient (Wildman–Crippen LogP) is 1.61. The molecule has 0 radical (unpaired) electrons. The highest BCUT2D eigenvalue weighted by Crippen LogP contribution is 2.10. The maximum atomic E-state index is 11.7. The molecule has 0 saturated carbocycles. The molecular weight excluding hydrogens is 385 g/mol. The van der Waals surface area contributed by atoms with Gasteiger partial charge >= 0.3 is 5.97 Å². The summed E-state index contributed by atoms with van der Waals surface area (Å²) in [6.45, 7) is 8.50. The number of rotatable bonds is 8. The summed E-state index contributed by atoms with van der Waals surface area (Å²) in [6, 6.07) is 0.716. The molecule has 1 N–H and O–H groups in total. The zero-order valence-corrected chi connectivity index (χ0v) is 15.3. The normalized spacial score (nSPS) is 14.3.